The topological polar surface area (TPSA) is 58.9 Å². The molecule has 1 aliphatic rings. The lowest BCUT2D eigenvalue weighted by Crippen LogP contribution is -2.11. The standard InChI is InChI=1S/C15H15BrN2O/c16-10-6-11-13(9-4-2-1-3-5-9)8-18-14(11)12(7-10)15(17)19/h4,6-8,18H,1-3,5H2,(H2,17,19). The van der Waals surface area contributed by atoms with Crippen molar-refractivity contribution in [3.8, 4) is 0 Å². The predicted molar refractivity (Wildman–Crippen MR) is 81.0 cm³/mol. The smallest absolute Gasteiger partial charge is 0.250 e. The van der Waals surface area contributed by atoms with Crippen molar-refractivity contribution >= 4 is 38.3 Å². The van der Waals surface area contributed by atoms with Crippen molar-refractivity contribution in [2.24, 2.45) is 5.73 Å². The van der Waals surface area contributed by atoms with E-state index in [1.165, 1.54) is 24.0 Å². The first-order valence-corrected chi connectivity index (χ1v) is 7.26. The molecule has 0 atom stereocenters. The first kappa shape index (κ1) is 12.5. The van der Waals surface area contributed by atoms with E-state index in [1.807, 2.05) is 12.3 Å². The van der Waals surface area contributed by atoms with E-state index in [9.17, 15) is 4.79 Å². The van der Waals surface area contributed by atoms with Crippen molar-refractivity contribution in [3.63, 3.8) is 0 Å². The minimum atomic E-state index is -0.405. The summed E-state index contributed by atoms with van der Waals surface area (Å²) in [5.41, 5.74) is 9.37. The zero-order chi connectivity index (χ0) is 13.4. The Kier molecular flexibility index (Phi) is 3.19. The van der Waals surface area contributed by atoms with Gasteiger partial charge in [-0.25, -0.2) is 0 Å². The number of amides is 1. The van der Waals surface area contributed by atoms with Crippen molar-refractivity contribution in [1.29, 1.82) is 0 Å². The summed E-state index contributed by atoms with van der Waals surface area (Å²) in [5, 5.41) is 1.07. The van der Waals surface area contributed by atoms with Crippen molar-refractivity contribution in [2.75, 3.05) is 0 Å². The second-order valence-corrected chi connectivity index (χ2v) is 5.83. The molecule has 0 radical (unpaired) electrons. The van der Waals surface area contributed by atoms with Crippen LogP contribution in [0.4, 0.5) is 0 Å². The van der Waals surface area contributed by atoms with Gasteiger partial charge in [0.15, 0.2) is 0 Å². The summed E-state index contributed by atoms with van der Waals surface area (Å²) in [5.74, 6) is -0.405. The molecule has 1 amide bonds. The van der Waals surface area contributed by atoms with E-state index >= 15 is 0 Å². The number of H-pyrrole nitrogens is 1. The van der Waals surface area contributed by atoms with Crippen LogP contribution in [0, 0.1) is 0 Å². The van der Waals surface area contributed by atoms with Crippen LogP contribution in [0.15, 0.2) is 28.9 Å². The van der Waals surface area contributed by atoms with Gasteiger partial charge in [0.05, 0.1) is 11.1 Å². The van der Waals surface area contributed by atoms with E-state index in [1.54, 1.807) is 6.07 Å². The number of carbonyl (C=O) groups is 1. The van der Waals surface area contributed by atoms with E-state index in [0.29, 0.717) is 5.56 Å². The molecule has 0 aliphatic heterocycles. The SMILES string of the molecule is NC(=O)c1cc(Br)cc2c(C3=CCCCC3)c[nH]c12. The molecule has 0 fully saturated rings. The van der Waals surface area contributed by atoms with Crippen molar-refractivity contribution in [2.45, 2.75) is 25.7 Å². The first-order valence-electron chi connectivity index (χ1n) is 6.46. The van der Waals surface area contributed by atoms with Crippen LogP contribution < -0.4 is 5.73 Å². The van der Waals surface area contributed by atoms with Gasteiger partial charge in [0, 0.05) is 21.6 Å². The molecule has 1 aliphatic carbocycles. The van der Waals surface area contributed by atoms with Gasteiger partial charge >= 0.3 is 0 Å². The molecule has 0 bridgehead atoms. The molecule has 3 N–H and O–H groups in total. The number of fused-ring (bicyclic) bond motifs is 1. The number of hydrogen-bond acceptors (Lipinski definition) is 1. The third-order valence-corrected chi connectivity index (χ3v) is 4.11. The quantitative estimate of drug-likeness (QED) is 0.864. The number of hydrogen-bond donors (Lipinski definition) is 2. The van der Waals surface area contributed by atoms with E-state index < -0.39 is 5.91 Å². The lowest BCUT2D eigenvalue weighted by molar-refractivity contribution is 0.100. The van der Waals surface area contributed by atoms with Gasteiger partial charge in [0.25, 0.3) is 5.91 Å². The summed E-state index contributed by atoms with van der Waals surface area (Å²) in [4.78, 5) is 14.7. The highest BCUT2D eigenvalue weighted by atomic mass is 79.9. The highest BCUT2D eigenvalue weighted by Gasteiger charge is 2.15. The van der Waals surface area contributed by atoms with Crippen molar-refractivity contribution < 1.29 is 4.79 Å². The number of aromatic amines is 1. The van der Waals surface area contributed by atoms with Crippen LogP contribution in [-0.4, -0.2) is 10.9 Å². The van der Waals surface area contributed by atoms with Crippen LogP contribution in [0.1, 0.15) is 41.6 Å². The van der Waals surface area contributed by atoms with Gasteiger partial charge in [-0.2, -0.15) is 0 Å². The third-order valence-electron chi connectivity index (χ3n) is 3.66. The molecular weight excluding hydrogens is 304 g/mol. The largest absolute Gasteiger partial charge is 0.366 e. The maximum atomic E-state index is 11.5. The molecule has 0 saturated carbocycles. The van der Waals surface area contributed by atoms with E-state index in [0.717, 1.165) is 28.2 Å². The van der Waals surface area contributed by atoms with Crippen LogP contribution in [0.25, 0.3) is 16.5 Å². The van der Waals surface area contributed by atoms with Crippen LogP contribution >= 0.6 is 15.9 Å². The summed E-state index contributed by atoms with van der Waals surface area (Å²) < 4.78 is 0.881. The summed E-state index contributed by atoms with van der Waals surface area (Å²) in [6.07, 6.45) is 9.03. The van der Waals surface area contributed by atoms with Gasteiger partial charge in [0.1, 0.15) is 0 Å². The van der Waals surface area contributed by atoms with Gasteiger partial charge < -0.3 is 10.7 Å². The van der Waals surface area contributed by atoms with E-state index in [4.69, 9.17) is 5.73 Å². The number of nitrogens with one attached hydrogen (secondary N) is 1. The average Bonchev–Trinajstić information content (AvgIpc) is 2.82. The normalized spacial score (nSPS) is 15.5. The summed E-state index contributed by atoms with van der Waals surface area (Å²) in [7, 11) is 0. The molecule has 0 spiro atoms. The molecule has 1 aromatic heterocycles. The summed E-state index contributed by atoms with van der Waals surface area (Å²) >= 11 is 3.45. The second kappa shape index (κ2) is 4.85. The molecule has 4 heteroatoms. The molecule has 1 heterocycles. The Morgan fingerprint density at radius 2 is 2.16 bits per heavy atom. The molecular formula is C15H15BrN2O. The average molecular weight is 319 g/mol. The number of benzene rings is 1. The predicted octanol–water partition coefficient (Wildman–Crippen LogP) is 3.99. The van der Waals surface area contributed by atoms with Gasteiger partial charge in [-0.15, -0.1) is 0 Å². The number of halogens is 1. The maximum absolute atomic E-state index is 11.5. The Bertz CT molecular complexity index is 685. The molecule has 19 heavy (non-hydrogen) atoms. The molecule has 3 rings (SSSR count). The number of allylic oxidation sites excluding steroid dienone is 2. The first-order chi connectivity index (χ1) is 9.16. The highest BCUT2D eigenvalue weighted by Crippen LogP contribution is 2.34. The number of primary amides is 1. The van der Waals surface area contributed by atoms with Gasteiger partial charge in [-0.3, -0.25) is 4.79 Å². The summed E-state index contributed by atoms with van der Waals surface area (Å²) in [6.45, 7) is 0. The van der Waals surface area contributed by atoms with Crippen LogP contribution in [0.2, 0.25) is 0 Å². The zero-order valence-electron chi connectivity index (χ0n) is 10.5. The fourth-order valence-corrected chi connectivity index (χ4v) is 3.20. The van der Waals surface area contributed by atoms with Gasteiger partial charge in [-0.05, 0) is 43.4 Å². The summed E-state index contributed by atoms with van der Waals surface area (Å²) in [6, 6.07) is 3.81. The Morgan fingerprint density at radius 1 is 1.32 bits per heavy atom. The van der Waals surface area contributed by atoms with Gasteiger partial charge in [0.2, 0.25) is 0 Å². The Labute approximate surface area is 120 Å². The van der Waals surface area contributed by atoms with E-state index in [2.05, 4.69) is 27.0 Å². The fourth-order valence-electron chi connectivity index (χ4n) is 2.74. The van der Waals surface area contributed by atoms with Crippen molar-refractivity contribution in [3.05, 3.63) is 40.0 Å². The minimum Gasteiger partial charge on any atom is -0.366 e. The van der Waals surface area contributed by atoms with Crippen LogP contribution in [0.5, 0.6) is 0 Å². The zero-order valence-corrected chi connectivity index (χ0v) is 12.1. The Hall–Kier alpha value is -1.55. The second-order valence-electron chi connectivity index (χ2n) is 4.92. The van der Waals surface area contributed by atoms with Gasteiger partial charge in [-0.1, -0.05) is 22.0 Å². The third kappa shape index (κ3) is 2.21. The lowest BCUT2D eigenvalue weighted by Gasteiger charge is -2.12. The van der Waals surface area contributed by atoms with Crippen molar-refractivity contribution in [1.82, 2.24) is 4.98 Å². The highest BCUT2D eigenvalue weighted by molar-refractivity contribution is 9.10. The lowest BCUT2D eigenvalue weighted by atomic mass is 9.93. The fraction of sp³-hybridized carbons (Fsp3) is 0.267. The molecule has 0 unspecified atom stereocenters. The Balaban J connectivity index is 2.23. The van der Waals surface area contributed by atoms with Crippen LogP contribution in [0.3, 0.4) is 0 Å². The molecule has 98 valence electrons. The number of nitrogens with two attached hydrogens (primary N) is 1. The van der Waals surface area contributed by atoms with E-state index in [-0.39, 0.29) is 0 Å². The molecule has 1 aromatic carbocycles. The monoisotopic (exact) mass is 318 g/mol. The number of aromatic nitrogens is 1. The maximum Gasteiger partial charge on any atom is 0.250 e. The molecule has 0 saturated heterocycles. The van der Waals surface area contributed by atoms with Crippen LogP contribution in [-0.2, 0) is 0 Å². The number of rotatable bonds is 2. The molecule has 3 nitrogen and oxygen atoms in total. The number of carbonyl (C=O) groups excluding carboxylic acids is 1. The molecule has 2 aromatic rings. The Morgan fingerprint density at radius 3 is 2.84 bits per heavy atom. The minimum absolute atomic E-state index is 0.405.